The van der Waals surface area contributed by atoms with E-state index in [1.807, 2.05) is 48.2 Å². The van der Waals surface area contributed by atoms with E-state index in [-0.39, 0.29) is 23.8 Å². The van der Waals surface area contributed by atoms with E-state index in [0.29, 0.717) is 32.6 Å². The molecular weight excluding hydrogens is 453 g/mol. The standard InChI is InChI=1S/C30H28FN3O2/c1-21-25(29(22-10-3-2-4-11-22)24-13-6-8-15-27(24)32-21)20-28(35)33-16-9-17-34(19-18-33)30(36)23-12-5-7-14-26(23)31/h2-8,10-15H,9,16-20H2,1H3. The third-order valence-corrected chi connectivity index (χ3v) is 6.83. The number of hydrogen-bond acceptors (Lipinski definition) is 3. The number of aromatic nitrogens is 1. The van der Waals surface area contributed by atoms with Crippen LogP contribution in [0.25, 0.3) is 22.0 Å². The number of aryl methyl sites for hydroxylation is 1. The third kappa shape index (κ3) is 4.71. The molecule has 1 aliphatic heterocycles. The molecular formula is C30H28FN3O2. The largest absolute Gasteiger partial charge is 0.341 e. The number of para-hydroxylation sites is 1. The molecule has 5 nitrogen and oxygen atoms in total. The van der Waals surface area contributed by atoms with E-state index in [1.165, 1.54) is 12.1 Å². The highest BCUT2D eigenvalue weighted by molar-refractivity contribution is 5.98. The Morgan fingerprint density at radius 3 is 2.31 bits per heavy atom. The van der Waals surface area contributed by atoms with Crippen molar-refractivity contribution in [3.05, 3.63) is 102 Å². The van der Waals surface area contributed by atoms with Crippen molar-refractivity contribution in [2.24, 2.45) is 0 Å². The average molecular weight is 482 g/mol. The minimum atomic E-state index is -0.521. The summed E-state index contributed by atoms with van der Waals surface area (Å²) in [6, 6.07) is 24.2. The summed E-state index contributed by atoms with van der Waals surface area (Å²) in [6.45, 7) is 3.79. The zero-order valence-corrected chi connectivity index (χ0v) is 20.3. The molecule has 5 rings (SSSR count). The van der Waals surface area contributed by atoms with Gasteiger partial charge >= 0.3 is 0 Å². The second-order valence-corrected chi connectivity index (χ2v) is 9.12. The van der Waals surface area contributed by atoms with Crippen LogP contribution < -0.4 is 0 Å². The summed E-state index contributed by atoms with van der Waals surface area (Å²) >= 11 is 0. The van der Waals surface area contributed by atoms with E-state index in [2.05, 4.69) is 18.2 Å². The summed E-state index contributed by atoms with van der Waals surface area (Å²) in [5, 5.41) is 1.02. The van der Waals surface area contributed by atoms with Crippen LogP contribution in [0.4, 0.5) is 4.39 Å². The molecule has 0 unspecified atom stereocenters. The van der Waals surface area contributed by atoms with Gasteiger partial charge in [-0.15, -0.1) is 0 Å². The fourth-order valence-corrected chi connectivity index (χ4v) is 4.96. The summed E-state index contributed by atoms with van der Waals surface area (Å²) < 4.78 is 14.2. The Labute approximate surface area is 210 Å². The molecule has 6 heteroatoms. The first-order chi connectivity index (χ1) is 17.5. The van der Waals surface area contributed by atoms with Crippen LogP contribution in [0.2, 0.25) is 0 Å². The van der Waals surface area contributed by atoms with Gasteiger partial charge in [0.05, 0.1) is 17.5 Å². The molecule has 1 fully saturated rings. The molecule has 4 aromatic rings. The molecule has 0 spiro atoms. The highest BCUT2D eigenvalue weighted by atomic mass is 19.1. The number of rotatable bonds is 4. The average Bonchev–Trinajstić information content (AvgIpc) is 3.16. The van der Waals surface area contributed by atoms with Gasteiger partial charge in [0.25, 0.3) is 5.91 Å². The SMILES string of the molecule is Cc1nc2ccccc2c(-c2ccccc2)c1CC(=O)N1CCCN(C(=O)c2ccccc2F)CC1. The van der Waals surface area contributed by atoms with Crippen LogP contribution in [0.15, 0.2) is 78.9 Å². The predicted molar refractivity (Wildman–Crippen MR) is 139 cm³/mol. The zero-order valence-electron chi connectivity index (χ0n) is 20.3. The van der Waals surface area contributed by atoms with Gasteiger partial charge in [-0.05, 0) is 48.2 Å². The van der Waals surface area contributed by atoms with Crippen molar-refractivity contribution in [1.29, 1.82) is 0 Å². The molecule has 0 saturated carbocycles. The van der Waals surface area contributed by atoms with Crippen molar-refractivity contribution in [1.82, 2.24) is 14.8 Å². The number of halogens is 1. The van der Waals surface area contributed by atoms with Crippen molar-refractivity contribution in [2.45, 2.75) is 19.8 Å². The van der Waals surface area contributed by atoms with E-state index in [0.717, 1.165) is 33.3 Å². The zero-order chi connectivity index (χ0) is 25.1. The Morgan fingerprint density at radius 2 is 1.50 bits per heavy atom. The molecule has 0 N–H and O–H groups in total. The summed E-state index contributed by atoms with van der Waals surface area (Å²) in [7, 11) is 0. The monoisotopic (exact) mass is 481 g/mol. The number of amides is 2. The molecule has 0 aliphatic carbocycles. The number of hydrogen-bond donors (Lipinski definition) is 0. The molecule has 36 heavy (non-hydrogen) atoms. The van der Waals surface area contributed by atoms with Crippen LogP contribution in [-0.4, -0.2) is 52.8 Å². The lowest BCUT2D eigenvalue weighted by atomic mass is 9.92. The third-order valence-electron chi connectivity index (χ3n) is 6.83. The fraction of sp³-hybridized carbons (Fsp3) is 0.233. The summed E-state index contributed by atoms with van der Waals surface area (Å²) in [4.78, 5) is 34.7. The molecule has 0 radical (unpaired) electrons. The Balaban J connectivity index is 1.39. The number of carbonyl (C=O) groups is 2. The van der Waals surface area contributed by atoms with Crippen molar-refractivity contribution in [3.63, 3.8) is 0 Å². The van der Waals surface area contributed by atoms with Gasteiger partial charge in [-0.2, -0.15) is 0 Å². The van der Waals surface area contributed by atoms with Crippen molar-refractivity contribution < 1.29 is 14.0 Å². The van der Waals surface area contributed by atoms with Crippen LogP contribution in [0.3, 0.4) is 0 Å². The van der Waals surface area contributed by atoms with Gasteiger partial charge in [-0.1, -0.05) is 60.7 Å². The van der Waals surface area contributed by atoms with E-state index in [4.69, 9.17) is 4.98 Å². The lowest BCUT2D eigenvalue weighted by Crippen LogP contribution is -2.38. The van der Waals surface area contributed by atoms with Crippen molar-refractivity contribution in [2.75, 3.05) is 26.2 Å². The van der Waals surface area contributed by atoms with Crippen LogP contribution in [0.5, 0.6) is 0 Å². The molecule has 2 heterocycles. The highest BCUT2D eigenvalue weighted by Gasteiger charge is 2.26. The quantitative estimate of drug-likeness (QED) is 0.399. The molecule has 3 aromatic carbocycles. The summed E-state index contributed by atoms with van der Waals surface area (Å²) in [5.74, 6) is -0.844. The van der Waals surface area contributed by atoms with Crippen LogP contribution in [0, 0.1) is 12.7 Å². The second kappa shape index (κ2) is 10.3. The number of benzene rings is 3. The minimum Gasteiger partial charge on any atom is -0.341 e. The van der Waals surface area contributed by atoms with Gasteiger partial charge < -0.3 is 9.80 Å². The van der Waals surface area contributed by atoms with Crippen LogP contribution in [-0.2, 0) is 11.2 Å². The Hall–Kier alpha value is -4.06. The summed E-state index contributed by atoms with van der Waals surface area (Å²) in [5.41, 5.74) is 4.84. The van der Waals surface area contributed by atoms with Gasteiger partial charge in [0.2, 0.25) is 5.91 Å². The highest BCUT2D eigenvalue weighted by Crippen LogP contribution is 2.33. The smallest absolute Gasteiger partial charge is 0.256 e. The molecule has 0 bridgehead atoms. The molecule has 182 valence electrons. The van der Waals surface area contributed by atoms with E-state index >= 15 is 0 Å². The maximum atomic E-state index is 14.2. The van der Waals surface area contributed by atoms with Crippen LogP contribution >= 0.6 is 0 Å². The first-order valence-corrected chi connectivity index (χ1v) is 12.3. The fourth-order valence-electron chi connectivity index (χ4n) is 4.96. The topological polar surface area (TPSA) is 53.5 Å². The predicted octanol–water partition coefficient (Wildman–Crippen LogP) is 5.27. The number of fused-ring (bicyclic) bond motifs is 1. The Morgan fingerprint density at radius 1 is 0.833 bits per heavy atom. The van der Waals surface area contributed by atoms with Gasteiger partial charge in [-0.3, -0.25) is 14.6 Å². The molecule has 1 saturated heterocycles. The van der Waals surface area contributed by atoms with Gasteiger partial charge in [-0.25, -0.2) is 4.39 Å². The molecule has 1 aliphatic rings. The molecule has 2 amide bonds. The number of nitrogens with zero attached hydrogens (tertiary/aromatic N) is 3. The lowest BCUT2D eigenvalue weighted by Gasteiger charge is -2.23. The second-order valence-electron chi connectivity index (χ2n) is 9.12. The number of pyridine rings is 1. The van der Waals surface area contributed by atoms with Gasteiger partial charge in [0.15, 0.2) is 0 Å². The maximum absolute atomic E-state index is 14.2. The van der Waals surface area contributed by atoms with Crippen LogP contribution in [0.1, 0.15) is 28.0 Å². The Bertz CT molecular complexity index is 1420. The maximum Gasteiger partial charge on any atom is 0.256 e. The summed E-state index contributed by atoms with van der Waals surface area (Å²) in [6.07, 6.45) is 0.877. The van der Waals surface area contributed by atoms with E-state index < -0.39 is 5.82 Å². The first-order valence-electron chi connectivity index (χ1n) is 12.3. The molecule has 1 aromatic heterocycles. The minimum absolute atomic E-state index is 0.00699. The Kier molecular flexibility index (Phi) is 6.76. The van der Waals surface area contributed by atoms with Gasteiger partial charge in [0, 0.05) is 37.3 Å². The van der Waals surface area contributed by atoms with Crippen molar-refractivity contribution >= 4 is 22.7 Å². The van der Waals surface area contributed by atoms with Gasteiger partial charge in [0.1, 0.15) is 5.82 Å². The first kappa shape index (κ1) is 23.7. The lowest BCUT2D eigenvalue weighted by molar-refractivity contribution is -0.130. The van der Waals surface area contributed by atoms with E-state index in [1.54, 1.807) is 17.0 Å². The van der Waals surface area contributed by atoms with Crippen molar-refractivity contribution in [3.8, 4) is 11.1 Å². The number of carbonyl (C=O) groups excluding carboxylic acids is 2. The molecule has 0 atom stereocenters. The normalized spacial score (nSPS) is 14.1. The van der Waals surface area contributed by atoms with E-state index in [9.17, 15) is 14.0 Å².